The lowest BCUT2D eigenvalue weighted by molar-refractivity contribution is 0.0745. The van der Waals surface area contributed by atoms with Gasteiger partial charge in [-0.3, -0.25) is 15.5 Å². The average Bonchev–Trinajstić information content (AvgIpc) is 2.72. The molecule has 0 aromatic carbocycles. The molecule has 2 rings (SSSR count). The summed E-state index contributed by atoms with van der Waals surface area (Å²) in [5, 5.41) is 7.71. The van der Waals surface area contributed by atoms with E-state index in [-0.39, 0.29) is 6.03 Å². The number of hydrogen-bond acceptors (Lipinski definition) is 6. The standard InChI is InChI=1S/C10H16IN7O/c1-12-10(13-2)6-17(9(19)18(10)14-3)8-5-15-7(11)4-16-8/h4-5,12-14H,6H2,1-3H3. The number of carbonyl (C=O) groups is 1. The molecule has 0 atom stereocenters. The van der Waals surface area contributed by atoms with Gasteiger partial charge in [0.15, 0.2) is 11.6 Å². The van der Waals surface area contributed by atoms with Crippen molar-refractivity contribution in [1.29, 1.82) is 0 Å². The minimum absolute atomic E-state index is 0.193. The van der Waals surface area contributed by atoms with Crippen molar-refractivity contribution < 1.29 is 4.79 Å². The zero-order valence-electron chi connectivity index (χ0n) is 10.9. The van der Waals surface area contributed by atoms with Crippen LogP contribution in [-0.2, 0) is 0 Å². The number of rotatable bonds is 4. The summed E-state index contributed by atoms with van der Waals surface area (Å²) in [6.07, 6.45) is 3.22. The molecule has 1 aromatic heterocycles. The lowest BCUT2D eigenvalue weighted by atomic mass is 10.3. The minimum atomic E-state index is -0.684. The zero-order chi connectivity index (χ0) is 14.0. The Morgan fingerprint density at radius 2 is 1.95 bits per heavy atom. The van der Waals surface area contributed by atoms with E-state index in [0.717, 1.165) is 3.70 Å². The number of hydrazine groups is 1. The van der Waals surface area contributed by atoms with Gasteiger partial charge in [-0.05, 0) is 36.7 Å². The molecule has 104 valence electrons. The first kappa shape index (κ1) is 14.4. The van der Waals surface area contributed by atoms with Crippen LogP contribution in [0.25, 0.3) is 0 Å². The van der Waals surface area contributed by atoms with E-state index >= 15 is 0 Å². The Hall–Kier alpha value is -1.04. The Labute approximate surface area is 125 Å². The van der Waals surface area contributed by atoms with E-state index in [0.29, 0.717) is 12.4 Å². The second kappa shape index (κ2) is 5.53. The third kappa shape index (κ3) is 2.38. The quantitative estimate of drug-likeness (QED) is 0.487. The number of amides is 2. The van der Waals surface area contributed by atoms with Gasteiger partial charge in [0.25, 0.3) is 0 Å². The number of halogens is 1. The second-order valence-electron chi connectivity index (χ2n) is 3.99. The monoisotopic (exact) mass is 377 g/mol. The molecule has 0 aliphatic carbocycles. The largest absolute Gasteiger partial charge is 0.343 e. The molecule has 1 aromatic rings. The Balaban J connectivity index is 2.34. The smallest absolute Gasteiger partial charge is 0.282 e. The number of likely N-dealkylation sites (N-methyl/N-ethyl adjacent to an activating group) is 2. The zero-order valence-corrected chi connectivity index (χ0v) is 13.1. The van der Waals surface area contributed by atoms with Gasteiger partial charge in [-0.2, -0.15) is 0 Å². The van der Waals surface area contributed by atoms with Crippen LogP contribution in [0.5, 0.6) is 0 Å². The molecule has 2 amide bonds. The lowest BCUT2D eigenvalue weighted by Gasteiger charge is -2.35. The van der Waals surface area contributed by atoms with Crippen LogP contribution in [-0.4, -0.2) is 54.5 Å². The normalized spacial score (nSPS) is 18.2. The molecule has 0 spiro atoms. The van der Waals surface area contributed by atoms with E-state index in [4.69, 9.17) is 0 Å². The van der Waals surface area contributed by atoms with E-state index in [1.54, 1.807) is 38.4 Å². The molecule has 1 aliphatic rings. The number of anilines is 1. The topological polar surface area (TPSA) is 85.4 Å². The van der Waals surface area contributed by atoms with E-state index in [1.807, 2.05) is 0 Å². The first-order valence-corrected chi connectivity index (χ1v) is 6.80. The fraction of sp³-hybridized carbons (Fsp3) is 0.500. The van der Waals surface area contributed by atoms with E-state index in [2.05, 4.69) is 48.6 Å². The number of urea groups is 1. The van der Waals surface area contributed by atoms with Gasteiger partial charge in [-0.25, -0.2) is 25.2 Å². The van der Waals surface area contributed by atoms with Crippen LogP contribution >= 0.6 is 22.6 Å². The van der Waals surface area contributed by atoms with Crippen molar-refractivity contribution in [3.8, 4) is 0 Å². The van der Waals surface area contributed by atoms with Crippen LogP contribution in [0.3, 0.4) is 0 Å². The molecule has 2 heterocycles. The molecule has 1 aliphatic heterocycles. The van der Waals surface area contributed by atoms with Crippen molar-refractivity contribution >= 4 is 34.4 Å². The molecule has 1 saturated heterocycles. The van der Waals surface area contributed by atoms with E-state index in [9.17, 15) is 4.79 Å². The maximum absolute atomic E-state index is 12.4. The van der Waals surface area contributed by atoms with Gasteiger partial charge in [0.05, 0.1) is 18.9 Å². The average molecular weight is 377 g/mol. The molecule has 8 nitrogen and oxygen atoms in total. The molecule has 0 radical (unpaired) electrons. The molecule has 0 unspecified atom stereocenters. The Morgan fingerprint density at radius 1 is 1.26 bits per heavy atom. The molecule has 3 N–H and O–H groups in total. The SMILES string of the molecule is CNN1C(=O)N(c2cnc(I)cn2)CC1(NC)NC. The van der Waals surface area contributed by atoms with Gasteiger partial charge in [-0.15, -0.1) is 0 Å². The fourth-order valence-electron chi connectivity index (χ4n) is 2.07. The fourth-order valence-corrected chi connectivity index (χ4v) is 2.35. The summed E-state index contributed by atoms with van der Waals surface area (Å²) < 4.78 is 0.784. The number of aromatic nitrogens is 2. The summed E-state index contributed by atoms with van der Waals surface area (Å²) in [6, 6.07) is -0.193. The molecule has 19 heavy (non-hydrogen) atoms. The van der Waals surface area contributed by atoms with Crippen molar-refractivity contribution in [3.63, 3.8) is 0 Å². The number of hydrogen-bond donors (Lipinski definition) is 3. The molecular weight excluding hydrogens is 361 g/mol. The first-order valence-electron chi connectivity index (χ1n) is 5.72. The molecular formula is C10H16IN7O. The molecule has 1 fully saturated rings. The van der Waals surface area contributed by atoms with Crippen molar-refractivity contribution in [1.82, 2.24) is 31.0 Å². The van der Waals surface area contributed by atoms with Gasteiger partial charge < -0.3 is 0 Å². The van der Waals surface area contributed by atoms with Crippen molar-refractivity contribution in [2.24, 2.45) is 0 Å². The summed E-state index contributed by atoms with van der Waals surface area (Å²) >= 11 is 2.07. The Morgan fingerprint density at radius 3 is 2.37 bits per heavy atom. The van der Waals surface area contributed by atoms with Crippen molar-refractivity contribution in [2.45, 2.75) is 5.79 Å². The van der Waals surface area contributed by atoms with Gasteiger partial charge in [0.1, 0.15) is 3.70 Å². The van der Waals surface area contributed by atoms with E-state index in [1.165, 1.54) is 5.01 Å². The highest BCUT2D eigenvalue weighted by atomic mass is 127. The summed E-state index contributed by atoms with van der Waals surface area (Å²) in [5.74, 6) is -0.158. The minimum Gasteiger partial charge on any atom is -0.282 e. The second-order valence-corrected chi connectivity index (χ2v) is 5.09. The Bertz CT molecular complexity index is 461. The van der Waals surface area contributed by atoms with Crippen molar-refractivity contribution in [3.05, 3.63) is 16.1 Å². The number of carbonyl (C=O) groups excluding carboxylic acids is 1. The third-order valence-electron chi connectivity index (χ3n) is 3.12. The lowest BCUT2D eigenvalue weighted by Crippen LogP contribution is -2.68. The maximum atomic E-state index is 12.4. The summed E-state index contributed by atoms with van der Waals surface area (Å²) in [4.78, 5) is 22.4. The van der Waals surface area contributed by atoms with Crippen molar-refractivity contribution in [2.75, 3.05) is 32.6 Å². The highest BCUT2D eigenvalue weighted by molar-refractivity contribution is 14.1. The Kier molecular flexibility index (Phi) is 4.18. The van der Waals surface area contributed by atoms with Crippen LogP contribution in [0, 0.1) is 3.70 Å². The van der Waals surface area contributed by atoms with Gasteiger partial charge >= 0.3 is 6.03 Å². The number of nitrogens with one attached hydrogen (secondary N) is 3. The van der Waals surface area contributed by atoms with Crippen LogP contribution in [0.15, 0.2) is 12.4 Å². The van der Waals surface area contributed by atoms with Crippen LogP contribution in [0.1, 0.15) is 0 Å². The van der Waals surface area contributed by atoms with Gasteiger partial charge in [0.2, 0.25) is 0 Å². The van der Waals surface area contributed by atoms with Gasteiger partial charge in [-0.1, -0.05) is 0 Å². The molecule has 9 heteroatoms. The van der Waals surface area contributed by atoms with Gasteiger partial charge in [0, 0.05) is 7.05 Å². The van der Waals surface area contributed by atoms with E-state index < -0.39 is 5.79 Å². The predicted octanol–water partition coefficient (Wildman–Crippen LogP) is -0.450. The van der Waals surface area contributed by atoms with Crippen LogP contribution in [0.2, 0.25) is 0 Å². The number of nitrogens with zero attached hydrogens (tertiary/aromatic N) is 4. The highest BCUT2D eigenvalue weighted by Crippen LogP contribution is 2.24. The van der Waals surface area contributed by atoms with Crippen LogP contribution < -0.4 is 21.0 Å². The summed E-state index contributed by atoms with van der Waals surface area (Å²) in [7, 11) is 5.28. The maximum Gasteiger partial charge on any atom is 0.343 e. The summed E-state index contributed by atoms with van der Waals surface area (Å²) in [5.41, 5.74) is 2.89. The third-order valence-corrected chi connectivity index (χ3v) is 3.68. The predicted molar refractivity (Wildman–Crippen MR) is 79.2 cm³/mol. The molecule has 0 saturated carbocycles. The summed E-state index contributed by atoms with van der Waals surface area (Å²) in [6.45, 7) is 0.412. The van der Waals surface area contributed by atoms with Crippen LogP contribution in [0.4, 0.5) is 10.6 Å². The first-order chi connectivity index (χ1) is 9.07. The molecule has 0 bridgehead atoms. The highest BCUT2D eigenvalue weighted by Gasteiger charge is 2.49.